The van der Waals surface area contributed by atoms with E-state index < -0.39 is 5.60 Å². The topological polar surface area (TPSA) is 70.2 Å². The SMILES string of the molecule is CN1C[C@@]2(CCCN(C(=O)CCN3CCCCCC3=O)CC2)OC1=O. The average molecular weight is 351 g/mol. The molecule has 3 rings (SSSR count). The predicted molar refractivity (Wildman–Crippen MR) is 91.9 cm³/mol. The summed E-state index contributed by atoms with van der Waals surface area (Å²) < 4.78 is 5.59. The molecule has 0 aromatic rings. The van der Waals surface area contributed by atoms with E-state index in [1.165, 1.54) is 0 Å². The summed E-state index contributed by atoms with van der Waals surface area (Å²) in [5, 5.41) is 0. The maximum absolute atomic E-state index is 12.6. The average Bonchev–Trinajstić information content (AvgIpc) is 2.77. The maximum atomic E-state index is 12.6. The Morgan fingerprint density at radius 1 is 1.08 bits per heavy atom. The quantitative estimate of drug-likeness (QED) is 0.775. The van der Waals surface area contributed by atoms with Crippen molar-refractivity contribution in [3.05, 3.63) is 0 Å². The summed E-state index contributed by atoms with van der Waals surface area (Å²) in [4.78, 5) is 41.7. The molecule has 0 bridgehead atoms. The highest BCUT2D eigenvalue weighted by atomic mass is 16.6. The summed E-state index contributed by atoms with van der Waals surface area (Å²) in [5.41, 5.74) is -0.429. The number of nitrogens with zero attached hydrogens (tertiary/aromatic N) is 3. The molecule has 0 aliphatic carbocycles. The van der Waals surface area contributed by atoms with Gasteiger partial charge < -0.3 is 19.4 Å². The first-order valence-electron chi connectivity index (χ1n) is 9.49. The summed E-state index contributed by atoms with van der Waals surface area (Å²) in [6, 6.07) is 0. The van der Waals surface area contributed by atoms with Crippen LogP contribution in [-0.2, 0) is 14.3 Å². The fraction of sp³-hybridized carbons (Fsp3) is 0.833. The molecule has 3 saturated heterocycles. The van der Waals surface area contributed by atoms with Crippen LogP contribution in [0.5, 0.6) is 0 Å². The zero-order chi connectivity index (χ0) is 17.9. The van der Waals surface area contributed by atoms with Crippen LogP contribution in [0.15, 0.2) is 0 Å². The van der Waals surface area contributed by atoms with Gasteiger partial charge in [-0.05, 0) is 25.7 Å². The molecule has 3 fully saturated rings. The lowest BCUT2D eigenvalue weighted by atomic mass is 9.95. The molecule has 3 amide bonds. The molecular weight excluding hydrogens is 322 g/mol. The summed E-state index contributed by atoms with van der Waals surface area (Å²) in [6.45, 7) is 3.23. The van der Waals surface area contributed by atoms with Crippen molar-refractivity contribution in [3.8, 4) is 0 Å². The van der Waals surface area contributed by atoms with Crippen LogP contribution in [0.3, 0.4) is 0 Å². The van der Waals surface area contributed by atoms with Crippen LogP contribution in [0.4, 0.5) is 4.79 Å². The number of hydrogen-bond acceptors (Lipinski definition) is 4. The van der Waals surface area contributed by atoms with Crippen LogP contribution < -0.4 is 0 Å². The minimum absolute atomic E-state index is 0.103. The van der Waals surface area contributed by atoms with Gasteiger partial charge in [0.1, 0.15) is 5.60 Å². The molecule has 25 heavy (non-hydrogen) atoms. The van der Waals surface area contributed by atoms with Crippen molar-refractivity contribution in [2.24, 2.45) is 0 Å². The number of carbonyl (C=O) groups is 3. The van der Waals surface area contributed by atoms with Crippen molar-refractivity contribution in [1.29, 1.82) is 0 Å². The highest BCUT2D eigenvalue weighted by Crippen LogP contribution is 2.32. The van der Waals surface area contributed by atoms with Crippen molar-refractivity contribution in [3.63, 3.8) is 0 Å². The number of likely N-dealkylation sites (tertiary alicyclic amines) is 2. The van der Waals surface area contributed by atoms with Gasteiger partial charge in [0.2, 0.25) is 11.8 Å². The lowest BCUT2D eigenvalue weighted by molar-refractivity contribution is -0.134. The normalized spacial score (nSPS) is 28.1. The van der Waals surface area contributed by atoms with Crippen molar-refractivity contribution in [2.45, 2.75) is 57.0 Å². The third kappa shape index (κ3) is 4.25. The van der Waals surface area contributed by atoms with E-state index in [-0.39, 0.29) is 17.9 Å². The Morgan fingerprint density at radius 2 is 1.92 bits per heavy atom. The van der Waals surface area contributed by atoms with Gasteiger partial charge in [-0.1, -0.05) is 6.42 Å². The van der Waals surface area contributed by atoms with Gasteiger partial charge in [0.05, 0.1) is 6.54 Å². The van der Waals surface area contributed by atoms with Gasteiger partial charge in [-0.3, -0.25) is 9.59 Å². The minimum Gasteiger partial charge on any atom is -0.441 e. The van der Waals surface area contributed by atoms with E-state index in [0.29, 0.717) is 45.4 Å². The van der Waals surface area contributed by atoms with Gasteiger partial charge in [-0.2, -0.15) is 0 Å². The summed E-state index contributed by atoms with van der Waals surface area (Å²) >= 11 is 0. The molecule has 0 unspecified atom stereocenters. The summed E-state index contributed by atoms with van der Waals surface area (Å²) in [5.74, 6) is 0.285. The van der Waals surface area contributed by atoms with E-state index in [0.717, 1.165) is 38.6 Å². The fourth-order valence-electron chi connectivity index (χ4n) is 4.13. The van der Waals surface area contributed by atoms with E-state index in [4.69, 9.17) is 4.74 Å². The van der Waals surface area contributed by atoms with E-state index >= 15 is 0 Å². The first kappa shape index (κ1) is 18.0. The third-order valence-corrected chi connectivity index (χ3v) is 5.66. The second-order valence-corrected chi connectivity index (χ2v) is 7.58. The maximum Gasteiger partial charge on any atom is 0.410 e. The van der Waals surface area contributed by atoms with Crippen molar-refractivity contribution in [1.82, 2.24) is 14.7 Å². The van der Waals surface area contributed by atoms with Crippen molar-refractivity contribution < 1.29 is 19.1 Å². The lowest BCUT2D eigenvalue weighted by Crippen LogP contribution is -2.39. The second kappa shape index (κ2) is 7.62. The molecule has 1 spiro atoms. The van der Waals surface area contributed by atoms with Crippen LogP contribution in [0, 0.1) is 0 Å². The highest BCUT2D eigenvalue weighted by Gasteiger charge is 2.44. The largest absolute Gasteiger partial charge is 0.441 e. The first-order chi connectivity index (χ1) is 12.0. The van der Waals surface area contributed by atoms with Crippen molar-refractivity contribution in [2.75, 3.05) is 39.8 Å². The van der Waals surface area contributed by atoms with Crippen molar-refractivity contribution >= 4 is 17.9 Å². The third-order valence-electron chi connectivity index (χ3n) is 5.66. The van der Waals surface area contributed by atoms with Crippen LogP contribution in [0.25, 0.3) is 0 Å². The summed E-state index contributed by atoms with van der Waals surface area (Å²) in [7, 11) is 1.75. The molecule has 1 atom stereocenters. The highest BCUT2D eigenvalue weighted by molar-refractivity contribution is 5.79. The minimum atomic E-state index is -0.429. The predicted octanol–water partition coefficient (Wildman–Crippen LogP) is 1.61. The van der Waals surface area contributed by atoms with Gasteiger partial charge in [-0.15, -0.1) is 0 Å². The van der Waals surface area contributed by atoms with E-state index in [2.05, 4.69) is 0 Å². The monoisotopic (exact) mass is 351 g/mol. The molecule has 0 aromatic carbocycles. The molecule has 0 aromatic heterocycles. The number of amides is 3. The number of ether oxygens (including phenoxy) is 1. The van der Waals surface area contributed by atoms with Crippen LogP contribution in [-0.4, -0.2) is 78.0 Å². The van der Waals surface area contributed by atoms with Crippen LogP contribution in [0.1, 0.15) is 51.4 Å². The number of likely N-dealkylation sites (N-methyl/N-ethyl adjacent to an activating group) is 1. The Bertz CT molecular complexity index is 538. The second-order valence-electron chi connectivity index (χ2n) is 7.58. The summed E-state index contributed by atoms with van der Waals surface area (Å²) in [6.07, 6.45) is 6.16. The Kier molecular flexibility index (Phi) is 5.49. The molecule has 3 aliphatic heterocycles. The zero-order valence-electron chi connectivity index (χ0n) is 15.2. The smallest absolute Gasteiger partial charge is 0.410 e. The van der Waals surface area contributed by atoms with E-state index in [1.54, 1.807) is 11.9 Å². The molecular formula is C18H29N3O4. The first-order valence-corrected chi connectivity index (χ1v) is 9.49. The number of rotatable bonds is 3. The molecule has 0 N–H and O–H groups in total. The van der Waals surface area contributed by atoms with Gasteiger partial charge >= 0.3 is 6.09 Å². The molecule has 0 radical (unpaired) electrons. The lowest BCUT2D eigenvalue weighted by Gasteiger charge is -2.26. The molecule has 7 heteroatoms. The zero-order valence-corrected chi connectivity index (χ0v) is 15.2. The van der Waals surface area contributed by atoms with Gasteiger partial charge in [0, 0.05) is 52.5 Å². The van der Waals surface area contributed by atoms with Crippen LogP contribution >= 0.6 is 0 Å². The Balaban J connectivity index is 1.49. The standard InChI is InChI=1S/C18H29N3O4/c1-19-14-18(25-17(19)24)8-5-11-21(13-9-18)16(23)7-12-20-10-4-2-3-6-15(20)22/h2-14H2,1H3/t18-/m0/s1. The number of hydrogen-bond donors (Lipinski definition) is 0. The Labute approximate surface area is 149 Å². The molecule has 0 saturated carbocycles. The van der Waals surface area contributed by atoms with Gasteiger partial charge in [0.25, 0.3) is 0 Å². The Morgan fingerprint density at radius 3 is 2.68 bits per heavy atom. The van der Waals surface area contributed by atoms with E-state index in [9.17, 15) is 14.4 Å². The molecule has 7 nitrogen and oxygen atoms in total. The van der Waals surface area contributed by atoms with Gasteiger partial charge in [0.15, 0.2) is 0 Å². The fourth-order valence-corrected chi connectivity index (χ4v) is 4.13. The molecule has 3 aliphatic rings. The van der Waals surface area contributed by atoms with Gasteiger partial charge in [-0.25, -0.2) is 4.79 Å². The van der Waals surface area contributed by atoms with E-state index in [1.807, 2.05) is 9.80 Å². The molecule has 3 heterocycles. The molecule has 140 valence electrons. The Hall–Kier alpha value is -1.79. The van der Waals surface area contributed by atoms with Crippen LogP contribution in [0.2, 0.25) is 0 Å². The number of carbonyl (C=O) groups excluding carboxylic acids is 3.